The Morgan fingerprint density at radius 1 is 1.06 bits per heavy atom. The van der Waals surface area contributed by atoms with Crippen molar-refractivity contribution >= 4 is 17.7 Å². The number of imidazole rings is 1. The van der Waals surface area contributed by atoms with Gasteiger partial charge in [-0.05, 0) is 76.3 Å². The van der Waals surface area contributed by atoms with E-state index in [1.54, 1.807) is 23.4 Å². The largest absolute Gasteiger partial charge is 0.460 e. The molecule has 9 heteroatoms. The van der Waals surface area contributed by atoms with Crippen molar-refractivity contribution in [2.24, 2.45) is 0 Å². The molecule has 1 fully saturated rings. The lowest BCUT2D eigenvalue weighted by Gasteiger charge is -2.28. The highest BCUT2D eigenvalue weighted by molar-refractivity contribution is 6.30. The van der Waals surface area contributed by atoms with Crippen LogP contribution in [0, 0.1) is 0 Å². The Labute approximate surface area is 210 Å². The molecule has 2 aliphatic rings. The van der Waals surface area contributed by atoms with Crippen LogP contribution >= 0.6 is 11.6 Å². The second kappa shape index (κ2) is 9.49. The van der Waals surface area contributed by atoms with Crippen LogP contribution in [0.2, 0.25) is 5.02 Å². The molecule has 3 aromatic rings. The average Bonchev–Trinajstić information content (AvgIpc) is 3.15. The highest BCUT2D eigenvalue weighted by atomic mass is 35.5. The van der Waals surface area contributed by atoms with Crippen molar-refractivity contribution in [3.05, 3.63) is 65.0 Å². The molecule has 0 unspecified atom stereocenters. The van der Waals surface area contributed by atoms with Crippen LogP contribution in [0.25, 0.3) is 5.69 Å². The van der Waals surface area contributed by atoms with Crippen LogP contribution in [0.15, 0.2) is 42.9 Å². The highest BCUT2D eigenvalue weighted by Gasteiger charge is 2.32. The maximum absolute atomic E-state index is 13.0. The molecule has 0 atom stereocenters. The molecule has 1 amide bonds. The fourth-order valence-corrected chi connectivity index (χ4v) is 5.02. The monoisotopic (exact) mass is 495 g/mol. The van der Waals surface area contributed by atoms with Crippen LogP contribution in [-0.2, 0) is 17.8 Å². The maximum Gasteiger partial charge on any atom is 0.410 e. The molecule has 1 saturated carbocycles. The summed E-state index contributed by atoms with van der Waals surface area (Å²) in [4.78, 5) is 27.9. The first-order chi connectivity index (χ1) is 16.8. The van der Waals surface area contributed by atoms with Gasteiger partial charge in [-0.15, -0.1) is 0 Å². The van der Waals surface area contributed by atoms with E-state index >= 15 is 0 Å². The lowest BCUT2D eigenvalue weighted by atomic mass is 9.86. The van der Waals surface area contributed by atoms with Gasteiger partial charge in [0.1, 0.15) is 17.5 Å². The van der Waals surface area contributed by atoms with Gasteiger partial charge in [-0.2, -0.15) is 0 Å². The van der Waals surface area contributed by atoms with Gasteiger partial charge in [0.25, 0.3) is 0 Å². The number of hydrogen-bond acceptors (Lipinski definition) is 6. The van der Waals surface area contributed by atoms with Crippen molar-refractivity contribution < 1.29 is 14.3 Å². The average molecular weight is 496 g/mol. The van der Waals surface area contributed by atoms with Gasteiger partial charge in [0.2, 0.25) is 0 Å². The van der Waals surface area contributed by atoms with Crippen molar-refractivity contribution in [2.75, 3.05) is 0 Å². The van der Waals surface area contributed by atoms with E-state index in [2.05, 4.69) is 14.5 Å². The number of halogens is 1. The van der Waals surface area contributed by atoms with E-state index in [1.165, 1.54) is 0 Å². The Morgan fingerprint density at radius 2 is 1.80 bits per heavy atom. The molecule has 1 aliphatic carbocycles. The van der Waals surface area contributed by atoms with Crippen molar-refractivity contribution in [3.63, 3.8) is 0 Å². The molecule has 184 valence electrons. The van der Waals surface area contributed by atoms with Crippen molar-refractivity contribution in [1.82, 2.24) is 24.4 Å². The van der Waals surface area contributed by atoms with Crippen LogP contribution in [0.3, 0.4) is 0 Å². The number of fused-ring (bicyclic) bond motifs is 3. The summed E-state index contributed by atoms with van der Waals surface area (Å²) in [5, 5.41) is 0.638. The number of nitrogens with zero attached hydrogens (tertiary/aromatic N) is 5. The molecular weight excluding hydrogens is 466 g/mol. The fraction of sp³-hybridized carbons (Fsp3) is 0.462. The molecule has 8 nitrogen and oxygen atoms in total. The Bertz CT molecular complexity index is 1200. The summed E-state index contributed by atoms with van der Waals surface area (Å²) >= 11 is 6.35. The van der Waals surface area contributed by atoms with Gasteiger partial charge < -0.3 is 9.47 Å². The fourth-order valence-electron chi connectivity index (χ4n) is 4.83. The van der Waals surface area contributed by atoms with E-state index in [-0.39, 0.29) is 18.1 Å². The van der Waals surface area contributed by atoms with Crippen LogP contribution in [-0.4, -0.2) is 42.2 Å². The number of benzene rings is 1. The van der Waals surface area contributed by atoms with Gasteiger partial charge in [0.05, 0.1) is 30.7 Å². The molecule has 0 saturated heterocycles. The van der Waals surface area contributed by atoms with Crippen molar-refractivity contribution in [3.8, 4) is 11.7 Å². The zero-order chi connectivity index (χ0) is 24.6. The molecule has 0 radical (unpaired) electrons. The van der Waals surface area contributed by atoms with E-state index in [0.717, 1.165) is 48.5 Å². The Hall–Kier alpha value is -3.13. The first-order valence-corrected chi connectivity index (χ1v) is 12.4. The van der Waals surface area contributed by atoms with Crippen molar-refractivity contribution in [2.45, 2.75) is 77.2 Å². The molecule has 35 heavy (non-hydrogen) atoms. The third-order valence-corrected chi connectivity index (χ3v) is 6.60. The molecule has 0 spiro atoms. The summed E-state index contributed by atoms with van der Waals surface area (Å²) in [5.41, 5.74) is 2.37. The number of carbonyl (C=O) groups excluding carboxylic acids is 1. The zero-order valence-corrected chi connectivity index (χ0v) is 21.0. The highest BCUT2D eigenvalue weighted by Crippen LogP contribution is 2.37. The summed E-state index contributed by atoms with van der Waals surface area (Å²) in [7, 11) is 0. The van der Waals surface area contributed by atoms with E-state index in [4.69, 9.17) is 26.1 Å². The standard InChI is InChI=1S/C26H30ClN5O3/c1-26(2,3)35-25(33)31-15-18-13-19(27)7-10-22(18)32-20(16-31)14-30-23(32)17-5-8-21(9-6-17)34-24-28-11-4-12-29-24/h4,7,10-14,17,21H,5-6,8-9,15-16H2,1-3H3. The lowest BCUT2D eigenvalue weighted by molar-refractivity contribution is 0.0217. The second-order valence-corrected chi connectivity index (χ2v) is 10.6. The Balaban J connectivity index is 1.40. The van der Waals surface area contributed by atoms with Crippen LogP contribution in [0.4, 0.5) is 4.79 Å². The Kier molecular flexibility index (Phi) is 6.40. The predicted octanol–water partition coefficient (Wildman–Crippen LogP) is 5.67. The smallest absolute Gasteiger partial charge is 0.410 e. The number of rotatable bonds is 3. The second-order valence-electron chi connectivity index (χ2n) is 10.2. The van der Waals surface area contributed by atoms with Crippen molar-refractivity contribution in [1.29, 1.82) is 0 Å². The quantitative estimate of drug-likeness (QED) is 0.465. The number of carbonyl (C=O) groups is 1. The predicted molar refractivity (Wildman–Crippen MR) is 132 cm³/mol. The molecule has 3 heterocycles. The molecule has 0 bridgehead atoms. The third kappa shape index (κ3) is 5.27. The third-order valence-electron chi connectivity index (χ3n) is 6.36. The minimum Gasteiger partial charge on any atom is -0.460 e. The van der Waals surface area contributed by atoms with E-state index < -0.39 is 5.60 Å². The number of hydrogen-bond donors (Lipinski definition) is 0. The van der Waals surface area contributed by atoms with Crippen LogP contribution in [0.5, 0.6) is 6.01 Å². The van der Waals surface area contributed by atoms with Gasteiger partial charge >= 0.3 is 12.1 Å². The summed E-state index contributed by atoms with van der Waals surface area (Å²) in [6, 6.07) is 8.05. The molecule has 0 N–H and O–H groups in total. The summed E-state index contributed by atoms with van der Waals surface area (Å²) in [6.45, 7) is 6.46. The molecule has 1 aromatic carbocycles. The summed E-state index contributed by atoms with van der Waals surface area (Å²) in [6.07, 6.45) is 8.73. The molecule has 2 aromatic heterocycles. The maximum atomic E-state index is 13.0. The van der Waals surface area contributed by atoms with Gasteiger partial charge in [0, 0.05) is 23.3 Å². The minimum atomic E-state index is -0.572. The number of amides is 1. The van der Waals surface area contributed by atoms with Gasteiger partial charge in [-0.25, -0.2) is 19.7 Å². The van der Waals surface area contributed by atoms with Crippen LogP contribution < -0.4 is 4.74 Å². The van der Waals surface area contributed by atoms with E-state index in [9.17, 15) is 4.79 Å². The molecular formula is C26H30ClN5O3. The SMILES string of the molecule is CC(C)(C)OC(=O)N1Cc2cc(Cl)ccc2-n2c(cnc2C2CCC(Oc3ncccn3)CC2)C1. The van der Waals surface area contributed by atoms with Gasteiger partial charge in [-0.3, -0.25) is 9.47 Å². The normalized spacial score (nSPS) is 19.9. The number of aromatic nitrogens is 4. The van der Waals surface area contributed by atoms with Crippen LogP contribution in [0.1, 0.15) is 69.5 Å². The lowest BCUT2D eigenvalue weighted by Crippen LogP contribution is -2.35. The summed E-state index contributed by atoms with van der Waals surface area (Å²) < 4.78 is 13.9. The first kappa shape index (κ1) is 23.6. The number of ether oxygens (including phenoxy) is 2. The van der Waals surface area contributed by atoms with E-state index in [1.807, 2.05) is 45.2 Å². The molecule has 5 rings (SSSR count). The zero-order valence-electron chi connectivity index (χ0n) is 20.3. The first-order valence-electron chi connectivity index (χ1n) is 12.0. The van der Waals surface area contributed by atoms with E-state index in [0.29, 0.717) is 24.1 Å². The molecule has 1 aliphatic heterocycles. The van der Waals surface area contributed by atoms with Gasteiger partial charge in [-0.1, -0.05) is 11.6 Å². The minimum absolute atomic E-state index is 0.0981. The Morgan fingerprint density at radius 3 is 2.51 bits per heavy atom. The topological polar surface area (TPSA) is 82.4 Å². The summed E-state index contributed by atoms with van der Waals surface area (Å²) in [5.74, 6) is 1.31. The van der Waals surface area contributed by atoms with Gasteiger partial charge in [0.15, 0.2) is 0 Å².